The third-order valence-corrected chi connectivity index (χ3v) is 4.00. The van der Waals surface area contributed by atoms with Crippen molar-refractivity contribution in [3.05, 3.63) is 29.7 Å². The first-order valence-electron chi connectivity index (χ1n) is 5.43. The normalized spacial score (nSPS) is 22.8. The maximum absolute atomic E-state index is 11.8. The molecule has 6 heteroatoms. The van der Waals surface area contributed by atoms with Gasteiger partial charge in [-0.05, 0) is 47.9 Å². The lowest BCUT2D eigenvalue weighted by atomic mass is 10.0. The molecule has 0 amide bonds. The molecule has 91 valence electrons. The molecule has 0 saturated heterocycles. The van der Waals surface area contributed by atoms with Crippen LogP contribution in [-0.4, -0.2) is 14.9 Å². The van der Waals surface area contributed by atoms with Gasteiger partial charge < -0.3 is 0 Å². The fraction of sp³-hybridized carbons (Fsp3) is 0.273. The van der Waals surface area contributed by atoms with Gasteiger partial charge in [-0.15, -0.1) is 0 Å². The summed E-state index contributed by atoms with van der Waals surface area (Å²) < 4.78 is 24.2. The zero-order valence-corrected chi connectivity index (χ0v) is 9.88. The van der Waals surface area contributed by atoms with Crippen molar-refractivity contribution < 1.29 is 13.9 Å². The number of rotatable bonds is 0. The summed E-state index contributed by atoms with van der Waals surface area (Å²) >= 11 is 0. The van der Waals surface area contributed by atoms with Crippen LogP contribution in [0.3, 0.4) is 0 Å². The van der Waals surface area contributed by atoms with Gasteiger partial charge in [-0.25, -0.2) is 0 Å². The minimum Gasteiger partial charge on any atom is -0.294 e. The van der Waals surface area contributed by atoms with Gasteiger partial charge in [-0.2, -0.15) is 0 Å². The van der Waals surface area contributed by atoms with Crippen molar-refractivity contribution in [2.45, 2.75) is 19.3 Å². The minimum absolute atomic E-state index is 0.0190. The maximum Gasteiger partial charge on any atom is 0.167 e. The van der Waals surface area contributed by atoms with Crippen LogP contribution >= 0.6 is 11.0 Å². The number of anilines is 2. The molecule has 4 N–H and O–H groups in total. The van der Waals surface area contributed by atoms with Crippen molar-refractivity contribution in [1.29, 1.82) is 0 Å². The zero-order chi connectivity index (χ0) is 12.0. The molecule has 1 radical (unpaired) electrons. The lowest BCUT2D eigenvalue weighted by molar-refractivity contribution is 0.102. The highest BCUT2D eigenvalue weighted by atomic mass is 32.3. The third-order valence-electron chi connectivity index (χ3n) is 2.99. The third kappa shape index (κ3) is 1.88. The highest BCUT2D eigenvalue weighted by Crippen LogP contribution is 2.50. The van der Waals surface area contributed by atoms with Crippen LogP contribution in [0.5, 0.6) is 0 Å². The summed E-state index contributed by atoms with van der Waals surface area (Å²) in [6, 6.07) is 3.53. The molecular formula is C11H13N2O3S. The summed E-state index contributed by atoms with van der Waals surface area (Å²) in [5.41, 5.74) is 2.85. The molecule has 2 aliphatic rings. The number of benzene rings is 1. The number of carbonyl (C=O) groups is 1. The second-order valence-electron chi connectivity index (χ2n) is 4.27. The Bertz CT molecular complexity index is 502. The molecule has 0 fully saturated rings. The average Bonchev–Trinajstić information content (AvgIpc) is 2.44. The summed E-state index contributed by atoms with van der Waals surface area (Å²) in [6.07, 6.45) is 4.28. The highest BCUT2D eigenvalue weighted by Gasteiger charge is 2.26. The Morgan fingerprint density at radius 2 is 1.88 bits per heavy atom. The standard InChI is InChI=1S/C11H13N2O3S/c14-11-4-2-1-3-7-5-9-10(6-8(7)11)13-17(15,16)12-9/h4-6,12-13,15-16H,1-3H2. The van der Waals surface area contributed by atoms with Gasteiger partial charge in [0.1, 0.15) is 0 Å². The first-order valence-corrected chi connectivity index (χ1v) is 6.98. The van der Waals surface area contributed by atoms with Crippen LogP contribution in [0.4, 0.5) is 11.4 Å². The number of hydrogen-bond donors (Lipinski definition) is 4. The van der Waals surface area contributed by atoms with E-state index >= 15 is 0 Å². The van der Waals surface area contributed by atoms with Crippen LogP contribution in [0.25, 0.3) is 0 Å². The Labute approximate surface area is 101 Å². The van der Waals surface area contributed by atoms with Gasteiger partial charge in [-0.3, -0.25) is 23.3 Å². The summed E-state index contributed by atoms with van der Waals surface area (Å²) in [6.45, 7) is 0. The van der Waals surface area contributed by atoms with E-state index in [1.165, 1.54) is 0 Å². The monoisotopic (exact) mass is 253 g/mol. The van der Waals surface area contributed by atoms with Crippen LogP contribution in [0.2, 0.25) is 0 Å². The molecule has 0 aromatic heterocycles. The molecule has 0 atom stereocenters. The first kappa shape index (κ1) is 10.9. The van der Waals surface area contributed by atoms with Crippen molar-refractivity contribution in [2.75, 3.05) is 9.44 Å². The largest absolute Gasteiger partial charge is 0.294 e. The summed E-state index contributed by atoms with van der Waals surface area (Å²) in [5, 5.41) is 0. The Balaban J connectivity index is 2.08. The van der Waals surface area contributed by atoms with Crippen LogP contribution in [-0.2, 0) is 6.42 Å². The van der Waals surface area contributed by atoms with Crippen LogP contribution in [0.1, 0.15) is 28.8 Å². The van der Waals surface area contributed by atoms with Gasteiger partial charge in [0.15, 0.2) is 5.78 Å². The molecule has 1 heterocycles. The van der Waals surface area contributed by atoms with Gasteiger partial charge in [0.05, 0.1) is 11.4 Å². The van der Waals surface area contributed by atoms with Crippen LogP contribution < -0.4 is 9.44 Å². The van der Waals surface area contributed by atoms with Crippen molar-refractivity contribution in [3.63, 3.8) is 0 Å². The Hall–Kier alpha value is -1.24. The lowest BCUT2D eigenvalue weighted by Gasteiger charge is -2.26. The first-order chi connectivity index (χ1) is 8.05. The predicted octanol–water partition coefficient (Wildman–Crippen LogP) is 2.83. The summed E-state index contributed by atoms with van der Waals surface area (Å²) in [4.78, 5) is 11.8. The number of hydrogen-bond acceptors (Lipinski definition) is 5. The van der Waals surface area contributed by atoms with Gasteiger partial charge in [0.25, 0.3) is 0 Å². The van der Waals surface area contributed by atoms with E-state index in [1.807, 2.05) is 6.07 Å². The van der Waals surface area contributed by atoms with E-state index in [4.69, 9.17) is 0 Å². The fourth-order valence-electron chi connectivity index (χ4n) is 2.22. The van der Waals surface area contributed by atoms with Gasteiger partial charge in [-0.1, -0.05) is 0 Å². The molecule has 1 aromatic rings. The van der Waals surface area contributed by atoms with Crippen molar-refractivity contribution in [2.24, 2.45) is 0 Å². The molecule has 0 bridgehead atoms. The number of fused-ring (bicyclic) bond motifs is 2. The smallest absolute Gasteiger partial charge is 0.167 e. The van der Waals surface area contributed by atoms with Gasteiger partial charge in [0.2, 0.25) is 0 Å². The molecule has 0 unspecified atom stereocenters. The summed E-state index contributed by atoms with van der Waals surface area (Å²) in [7, 11) is -2.98. The highest BCUT2D eigenvalue weighted by molar-refractivity contribution is 8.26. The molecule has 1 aromatic carbocycles. The van der Waals surface area contributed by atoms with E-state index in [0.29, 0.717) is 16.9 Å². The zero-order valence-electron chi connectivity index (χ0n) is 9.06. The minimum atomic E-state index is -2.98. The Morgan fingerprint density at radius 1 is 1.18 bits per heavy atom. The molecule has 1 aliphatic heterocycles. The summed E-state index contributed by atoms with van der Waals surface area (Å²) in [5.74, 6) is 0.0190. The lowest BCUT2D eigenvalue weighted by Crippen LogP contribution is -2.08. The molecule has 5 nitrogen and oxygen atoms in total. The molecule has 1 aliphatic carbocycles. The maximum atomic E-state index is 11.8. The van der Waals surface area contributed by atoms with E-state index in [9.17, 15) is 13.9 Å². The number of Topliss-reactive ketones (excluding diaryl/α,β-unsaturated/α-hetero) is 1. The Kier molecular flexibility index (Phi) is 2.32. The SMILES string of the molecule is O=C1[CH]CCCc2cc3c(cc21)NS(O)(O)N3. The number of aryl methyl sites for hydroxylation is 1. The van der Waals surface area contributed by atoms with Crippen LogP contribution in [0.15, 0.2) is 12.1 Å². The molecule has 0 saturated carbocycles. The van der Waals surface area contributed by atoms with E-state index in [2.05, 4.69) is 9.44 Å². The van der Waals surface area contributed by atoms with Crippen molar-refractivity contribution in [3.8, 4) is 0 Å². The van der Waals surface area contributed by atoms with Crippen molar-refractivity contribution >= 4 is 28.1 Å². The molecular weight excluding hydrogens is 240 g/mol. The number of ketones is 1. The molecule has 0 spiro atoms. The second-order valence-corrected chi connectivity index (χ2v) is 5.77. The fourth-order valence-corrected chi connectivity index (χ4v) is 3.22. The quantitative estimate of drug-likeness (QED) is 0.534. The van der Waals surface area contributed by atoms with E-state index < -0.39 is 11.0 Å². The number of nitrogens with one attached hydrogen (secondary N) is 2. The van der Waals surface area contributed by atoms with E-state index in [-0.39, 0.29) is 5.78 Å². The van der Waals surface area contributed by atoms with E-state index in [1.54, 1.807) is 12.5 Å². The van der Waals surface area contributed by atoms with Crippen molar-refractivity contribution in [1.82, 2.24) is 0 Å². The van der Waals surface area contributed by atoms with Gasteiger partial charge >= 0.3 is 0 Å². The second kappa shape index (κ2) is 3.63. The number of carbonyl (C=O) groups excluding carboxylic acids is 1. The van der Waals surface area contributed by atoms with E-state index in [0.717, 1.165) is 24.8 Å². The van der Waals surface area contributed by atoms with Crippen LogP contribution in [0, 0.1) is 6.42 Å². The molecule has 3 rings (SSSR count). The average molecular weight is 253 g/mol. The Morgan fingerprint density at radius 3 is 2.65 bits per heavy atom. The topological polar surface area (TPSA) is 81.6 Å². The predicted molar refractivity (Wildman–Crippen MR) is 68.1 cm³/mol. The molecule has 17 heavy (non-hydrogen) atoms. The van der Waals surface area contributed by atoms with Gasteiger partial charge in [0, 0.05) is 12.0 Å².